The maximum atomic E-state index is 8.30. The number of likely N-dealkylation sites (N-methyl/N-ethyl adjacent to an activating group) is 1. The molecule has 0 aliphatic rings. The number of fused-ring (bicyclic) bond motifs is 1. The molecule has 3 nitrogen and oxygen atoms in total. The molecule has 0 aliphatic carbocycles. The van der Waals surface area contributed by atoms with Crippen molar-refractivity contribution in [2.45, 2.75) is 19.5 Å². The summed E-state index contributed by atoms with van der Waals surface area (Å²) < 4.78 is 36.6. The highest BCUT2D eigenvalue weighted by molar-refractivity contribution is 5.81. The minimum atomic E-state index is -2.44. The maximum Gasteiger partial charge on any atom is 0.119 e. The molecule has 0 fully saturated rings. The number of aromatic nitrogens is 1. The first-order valence-electron chi connectivity index (χ1n) is 7.54. The van der Waals surface area contributed by atoms with Crippen molar-refractivity contribution in [1.29, 1.82) is 0 Å². The first-order valence-corrected chi connectivity index (χ1v) is 5.54. The number of hydrogen-bond donors (Lipinski definition) is 0. The molecule has 17 heavy (non-hydrogen) atoms. The second-order valence-corrected chi connectivity index (χ2v) is 4.40. The zero-order valence-electron chi connectivity index (χ0n) is 14.4. The third-order valence-electron chi connectivity index (χ3n) is 3.02. The predicted octanol–water partition coefficient (Wildman–Crippen LogP) is 2.60. The molecule has 1 atom stereocenters. The molecule has 0 saturated heterocycles. The summed E-state index contributed by atoms with van der Waals surface area (Å²) in [7, 11) is 1.31. The van der Waals surface area contributed by atoms with Gasteiger partial charge in [-0.2, -0.15) is 0 Å². The molecule has 0 amide bonds. The van der Waals surface area contributed by atoms with E-state index in [1.54, 1.807) is 12.1 Å². The van der Waals surface area contributed by atoms with Crippen LogP contribution in [0.25, 0.3) is 10.9 Å². The van der Waals surface area contributed by atoms with Crippen LogP contribution in [0.5, 0.6) is 5.75 Å². The number of nitrogens with zero attached hydrogens (tertiary/aromatic N) is 2. The van der Waals surface area contributed by atoms with Crippen molar-refractivity contribution in [2.24, 2.45) is 0 Å². The third-order valence-corrected chi connectivity index (χ3v) is 3.02. The lowest BCUT2D eigenvalue weighted by Crippen LogP contribution is -2.28. The largest absolute Gasteiger partial charge is 0.497 e. The molecule has 2 rings (SSSR count). The summed E-state index contributed by atoms with van der Waals surface area (Å²) in [4.78, 5) is 1.85. The van der Waals surface area contributed by atoms with E-state index in [9.17, 15) is 0 Å². The van der Waals surface area contributed by atoms with E-state index in [0.29, 0.717) is 12.3 Å². The lowest BCUT2D eigenvalue weighted by Gasteiger charge is -2.20. The fraction of sp³-hybridized carbons (Fsp3) is 0.429. The molecule has 1 aromatic carbocycles. The van der Waals surface area contributed by atoms with Gasteiger partial charge in [-0.15, -0.1) is 0 Å². The lowest BCUT2D eigenvalue weighted by molar-refractivity contribution is 0.286. The maximum absolute atomic E-state index is 8.30. The highest BCUT2D eigenvalue weighted by Gasteiger charge is 2.08. The van der Waals surface area contributed by atoms with E-state index in [2.05, 4.69) is 0 Å². The van der Waals surface area contributed by atoms with Crippen molar-refractivity contribution >= 4 is 10.9 Å². The zero-order valence-corrected chi connectivity index (χ0v) is 10.4. The van der Waals surface area contributed by atoms with E-state index < -0.39 is 13.1 Å². The van der Waals surface area contributed by atoms with Crippen molar-refractivity contribution in [3.05, 3.63) is 30.5 Å². The van der Waals surface area contributed by atoms with E-state index in [1.165, 1.54) is 0 Å². The van der Waals surface area contributed by atoms with Crippen molar-refractivity contribution in [1.82, 2.24) is 9.47 Å². The smallest absolute Gasteiger partial charge is 0.119 e. The summed E-state index contributed by atoms with van der Waals surface area (Å²) in [5.41, 5.74) is 0.952. The minimum Gasteiger partial charge on any atom is -0.497 e. The number of benzene rings is 1. The Labute approximate surface area is 108 Å². The Morgan fingerprint density at radius 1 is 1.47 bits per heavy atom. The molecule has 0 radical (unpaired) electrons. The molecule has 92 valence electrons. The Kier molecular flexibility index (Phi) is 2.19. The monoisotopic (exact) mass is 236 g/mol. The molecule has 0 saturated carbocycles. The van der Waals surface area contributed by atoms with Crippen LogP contribution in [0.1, 0.15) is 12.4 Å². The van der Waals surface area contributed by atoms with Crippen LogP contribution in [0.4, 0.5) is 0 Å². The normalized spacial score (nSPS) is 19.3. The zero-order chi connectivity index (χ0) is 15.8. The topological polar surface area (TPSA) is 17.4 Å². The molecular weight excluding hydrogens is 212 g/mol. The Morgan fingerprint density at radius 3 is 3.00 bits per heavy atom. The molecule has 2 aromatic rings. The van der Waals surface area contributed by atoms with E-state index in [0.717, 1.165) is 10.9 Å². The van der Waals surface area contributed by atoms with Crippen LogP contribution < -0.4 is 4.74 Å². The summed E-state index contributed by atoms with van der Waals surface area (Å²) in [6.45, 7) is 2.37. The summed E-state index contributed by atoms with van der Waals surface area (Å²) in [6.07, 6.45) is 1.90. The standard InChI is InChI=1S/C14H20N2O/c1-11(15(2)3)10-16-8-7-12-9-13(17-4)5-6-14(12)16/h5-9,11H,10H2,1-4H3/t11-/m1/s1/i4D3,11D. The lowest BCUT2D eigenvalue weighted by atomic mass is 10.2. The van der Waals surface area contributed by atoms with E-state index >= 15 is 0 Å². The van der Waals surface area contributed by atoms with Crippen LogP contribution >= 0.6 is 0 Å². The average molecular weight is 236 g/mol. The molecule has 0 unspecified atom stereocenters. The number of ether oxygens (including phenoxy) is 1. The van der Waals surface area contributed by atoms with E-state index in [1.807, 2.05) is 48.8 Å². The average Bonchev–Trinajstić information content (AvgIpc) is 2.69. The second-order valence-electron chi connectivity index (χ2n) is 4.40. The Morgan fingerprint density at radius 2 is 2.29 bits per heavy atom. The first kappa shape index (κ1) is 7.77. The van der Waals surface area contributed by atoms with Crippen molar-refractivity contribution in [2.75, 3.05) is 21.1 Å². The minimum absolute atomic E-state index is 0.321. The van der Waals surface area contributed by atoms with Crippen LogP contribution in [-0.2, 0) is 6.54 Å². The highest BCUT2D eigenvalue weighted by Crippen LogP contribution is 2.22. The molecule has 0 spiro atoms. The molecule has 0 N–H and O–H groups in total. The molecule has 1 aromatic heterocycles. The molecule has 1 heterocycles. The SMILES string of the molecule is [2H]C([2H])([2H])Oc1ccc2c(ccn2C[C@@]([2H])(C)N(C)C)c1. The van der Waals surface area contributed by atoms with E-state index in [-0.39, 0.29) is 0 Å². The summed E-state index contributed by atoms with van der Waals surface area (Å²) in [6, 6.07) is 6.34. The van der Waals surface area contributed by atoms with Crippen LogP contribution in [0.3, 0.4) is 0 Å². The van der Waals surface area contributed by atoms with Crippen molar-refractivity contribution in [3.63, 3.8) is 0 Å². The van der Waals surface area contributed by atoms with Crippen LogP contribution in [0, 0.1) is 0 Å². The Hall–Kier alpha value is -1.48. The van der Waals surface area contributed by atoms with Gasteiger partial charge in [-0.05, 0) is 45.3 Å². The predicted molar refractivity (Wildman–Crippen MR) is 71.6 cm³/mol. The summed E-state index contributed by atoms with van der Waals surface area (Å²) in [5.74, 6) is 0.321. The van der Waals surface area contributed by atoms with E-state index in [4.69, 9.17) is 10.2 Å². The fourth-order valence-electron chi connectivity index (χ4n) is 1.77. The van der Waals surface area contributed by atoms with Crippen LogP contribution in [0.15, 0.2) is 30.5 Å². The Bertz CT molecular complexity index is 631. The second kappa shape index (κ2) is 4.80. The van der Waals surface area contributed by atoms with Gasteiger partial charge < -0.3 is 14.2 Å². The Balaban J connectivity index is 2.29. The number of methoxy groups -OCH3 is 1. The van der Waals surface area contributed by atoms with Crippen molar-refractivity contribution < 1.29 is 10.2 Å². The summed E-state index contributed by atoms with van der Waals surface area (Å²) >= 11 is 0. The fourth-order valence-corrected chi connectivity index (χ4v) is 1.77. The number of hydrogen-bond acceptors (Lipinski definition) is 2. The van der Waals surface area contributed by atoms with Gasteiger partial charge in [-0.3, -0.25) is 0 Å². The van der Waals surface area contributed by atoms with Gasteiger partial charge in [-0.25, -0.2) is 0 Å². The number of rotatable bonds is 4. The highest BCUT2D eigenvalue weighted by atomic mass is 16.5. The molecule has 3 heteroatoms. The quantitative estimate of drug-likeness (QED) is 0.812. The van der Waals surface area contributed by atoms with Gasteiger partial charge >= 0.3 is 0 Å². The molecule has 0 bridgehead atoms. The van der Waals surface area contributed by atoms with Gasteiger partial charge in [-0.1, -0.05) is 0 Å². The first-order chi connectivity index (χ1) is 9.58. The van der Waals surface area contributed by atoms with Gasteiger partial charge in [0.1, 0.15) is 5.75 Å². The third kappa shape index (κ3) is 2.44. The van der Waals surface area contributed by atoms with Crippen LogP contribution in [0.2, 0.25) is 0 Å². The van der Waals surface area contributed by atoms with Gasteiger partial charge in [0.15, 0.2) is 0 Å². The van der Waals surface area contributed by atoms with Crippen molar-refractivity contribution in [3.8, 4) is 5.75 Å². The van der Waals surface area contributed by atoms with Gasteiger partial charge in [0.25, 0.3) is 0 Å². The van der Waals surface area contributed by atoms with Gasteiger partial charge in [0, 0.05) is 31.0 Å². The van der Waals surface area contributed by atoms with Crippen LogP contribution in [-0.4, -0.2) is 36.6 Å². The molecule has 0 aliphatic heterocycles. The molecular formula is C14H20N2O. The summed E-state index contributed by atoms with van der Waals surface area (Å²) in [5, 5.41) is 0.895. The van der Waals surface area contributed by atoms with Gasteiger partial charge in [0.2, 0.25) is 0 Å². The van der Waals surface area contributed by atoms with Gasteiger partial charge in [0.05, 0.1) is 11.2 Å².